The fraction of sp³-hybridized carbons (Fsp3) is 0.375. The number of nitrogens with one attached hydrogen (secondary N) is 2. The minimum atomic E-state index is -0.295. The van der Waals surface area contributed by atoms with Gasteiger partial charge < -0.3 is 20.6 Å². The number of amides is 1. The number of carbonyl (C=O) groups is 1. The van der Waals surface area contributed by atoms with Crippen LogP contribution in [0.3, 0.4) is 0 Å². The second-order valence-electron chi connectivity index (χ2n) is 8.22. The summed E-state index contributed by atoms with van der Waals surface area (Å²) in [6.45, 7) is 7.95. The molecule has 35 heavy (non-hydrogen) atoms. The molecule has 0 radical (unpaired) electrons. The van der Waals surface area contributed by atoms with Crippen molar-refractivity contribution in [2.24, 2.45) is 0 Å². The van der Waals surface area contributed by atoms with Gasteiger partial charge in [0.15, 0.2) is 0 Å². The summed E-state index contributed by atoms with van der Waals surface area (Å²) >= 11 is 6.22. The first kappa shape index (κ1) is 24.8. The average Bonchev–Trinajstić information content (AvgIpc) is 2.87. The minimum absolute atomic E-state index is 0.160. The fourth-order valence-electron chi connectivity index (χ4n) is 3.77. The van der Waals surface area contributed by atoms with Crippen molar-refractivity contribution in [2.75, 3.05) is 54.9 Å². The first-order chi connectivity index (χ1) is 17.0. The zero-order valence-electron chi connectivity index (χ0n) is 19.8. The number of anilines is 4. The molecule has 11 heteroatoms. The van der Waals surface area contributed by atoms with Gasteiger partial charge in [-0.1, -0.05) is 30.7 Å². The van der Waals surface area contributed by atoms with Gasteiger partial charge in [-0.3, -0.25) is 9.69 Å². The molecule has 1 aliphatic rings. The third-order valence-electron chi connectivity index (χ3n) is 5.78. The van der Waals surface area contributed by atoms with Crippen LogP contribution in [0.4, 0.5) is 23.4 Å². The van der Waals surface area contributed by atoms with Crippen molar-refractivity contribution in [3.8, 4) is 0 Å². The molecule has 4 rings (SSSR count). The Balaban J connectivity index is 1.44. The average molecular weight is 497 g/mol. The number of β-amino-alcohol motifs (C(OH)–C–C–N with tert-alkyl or cyclic N) is 1. The van der Waals surface area contributed by atoms with Gasteiger partial charge in [0, 0.05) is 45.3 Å². The van der Waals surface area contributed by atoms with Crippen molar-refractivity contribution in [1.82, 2.24) is 24.8 Å². The maximum atomic E-state index is 12.7. The molecule has 0 unspecified atom stereocenters. The molecule has 0 bridgehead atoms. The highest BCUT2D eigenvalue weighted by molar-refractivity contribution is 6.34. The number of aliphatic hydroxyl groups excluding tert-OH is 1. The summed E-state index contributed by atoms with van der Waals surface area (Å²) in [6, 6.07) is 8.84. The number of benzene rings is 1. The highest BCUT2D eigenvalue weighted by Crippen LogP contribution is 2.26. The first-order valence-electron chi connectivity index (χ1n) is 11.6. The fourth-order valence-corrected chi connectivity index (χ4v) is 4.04. The highest BCUT2D eigenvalue weighted by atomic mass is 35.5. The lowest BCUT2D eigenvalue weighted by Gasteiger charge is -2.34. The predicted octanol–water partition coefficient (Wildman–Crippen LogP) is 2.90. The van der Waals surface area contributed by atoms with E-state index in [9.17, 15) is 4.79 Å². The summed E-state index contributed by atoms with van der Waals surface area (Å²) in [5.41, 5.74) is 1.87. The molecule has 1 aromatic carbocycles. The SMILES string of the molecule is CCc1nc(Nc2ccc(C(=O)Nc3c(C)cccc3Cl)cn2)nc(N2CCN(CCO)CC2)n1. The molecule has 3 N–H and O–H groups in total. The van der Waals surface area contributed by atoms with Crippen LogP contribution in [-0.4, -0.2) is 75.2 Å². The summed E-state index contributed by atoms with van der Waals surface area (Å²) in [6.07, 6.45) is 2.16. The van der Waals surface area contributed by atoms with E-state index < -0.39 is 0 Å². The van der Waals surface area contributed by atoms with Gasteiger partial charge in [0.05, 0.1) is 22.9 Å². The van der Waals surface area contributed by atoms with Crippen LogP contribution in [-0.2, 0) is 6.42 Å². The first-order valence-corrected chi connectivity index (χ1v) is 12.0. The summed E-state index contributed by atoms with van der Waals surface area (Å²) in [5.74, 6) is 1.93. The van der Waals surface area contributed by atoms with E-state index in [0.717, 1.165) is 31.7 Å². The quantitative estimate of drug-likeness (QED) is 0.432. The van der Waals surface area contributed by atoms with Crippen LogP contribution in [0.15, 0.2) is 36.5 Å². The Hall–Kier alpha value is -3.34. The number of para-hydroxylation sites is 1. The van der Waals surface area contributed by atoms with E-state index in [1.165, 1.54) is 6.20 Å². The van der Waals surface area contributed by atoms with Gasteiger partial charge in [0.1, 0.15) is 11.6 Å². The van der Waals surface area contributed by atoms with E-state index >= 15 is 0 Å². The highest BCUT2D eigenvalue weighted by Gasteiger charge is 2.20. The van der Waals surface area contributed by atoms with Crippen LogP contribution in [0.2, 0.25) is 5.02 Å². The number of hydrogen-bond donors (Lipinski definition) is 3. The standard InChI is InChI=1S/C24H29ClN8O2/c1-3-19-27-23(31-24(29-19)33-11-9-32(10-12-33)13-14-34)28-20-8-7-17(15-26-20)22(35)30-21-16(2)5-4-6-18(21)25/h4-8,15,34H,3,9-14H2,1-2H3,(H,30,35)(H,26,27,28,29,31). The van der Waals surface area contributed by atoms with Crippen LogP contribution in [0.5, 0.6) is 0 Å². The van der Waals surface area contributed by atoms with Crippen LogP contribution >= 0.6 is 11.6 Å². The van der Waals surface area contributed by atoms with Gasteiger partial charge in [0.25, 0.3) is 5.91 Å². The Morgan fingerprint density at radius 2 is 1.91 bits per heavy atom. The molecule has 3 heterocycles. The van der Waals surface area contributed by atoms with Crippen molar-refractivity contribution < 1.29 is 9.90 Å². The molecular formula is C24H29ClN8O2. The van der Waals surface area contributed by atoms with E-state index in [2.05, 4.69) is 40.4 Å². The molecular weight excluding hydrogens is 468 g/mol. The number of carbonyl (C=O) groups excluding carboxylic acids is 1. The zero-order chi connectivity index (χ0) is 24.8. The molecule has 0 saturated carbocycles. The Morgan fingerprint density at radius 1 is 1.11 bits per heavy atom. The molecule has 10 nitrogen and oxygen atoms in total. The molecule has 2 aromatic heterocycles. The molecule has 0 spiro atoms. The Bertz CT molecular complexity index is 1150. The molecule has 1 saturated heterocycles. The number of halogens is 1. The number of nitrogens with zero attached hydrogens (tertiary/aromatic N) is 6. The molecule has 1 amide bonds. The number of hydrogen-bond acceptors (Lipinski definition) is 9. The largest absolute Gasteiger partial charge is 0.395 e. The normalized spacial score (nSPS) is 14.1. The minimum Gasteiger partial charge on any atom is -0.395 e. The maximum absolute atomic E-state index is 12.7. The number of pyridine rings is 1. The van der Waals surface area contributed by atoms with E-state index in [4.69, 9.17) is 16.7 Å². The second-order valence-corrected chi connectivity index (χ2v) is 8.63. The van der Waals surface area contributed by atoms with Crippen LogP contribution < -0.4 is 15.5 Å². The molecule has 184 valence electrons. The Morgan fingerprint density at radius 3 is 2.57 bits per heavy atom. The van der Waals surface area contributed by atoms with Gasteiger partial charge in [-0.05, 0) is 30.7 Å². The number of rotatable bonds is 8. The Labute approximate surface area is 209 Å². The van der Waals surface area contributed by atoms with Crippen molar-refractivity contribution in [3.05, 3.63) is 58.5 Å². The smallest absolute Gasteiger partial charge is 0.257 e. The van der Waals surface area contributed by atoms with E-state index in [1.807, 2.05) is 26.0 Å². The van der Waals surface area contributed by atoms with Crippen molar-refractivity contribution in [2.45, 2.75) is 20.3 Å². The van der Waals surface area contributed by atoms with Gasteiger partial charge in [0.2, 0.25) is 11.9 Å². The number of aliphatic hydroxyl groups is 1. The summed E-state index contributed by atoms with van der Waals surface area (Å²) in [4.78, 5) is 35.0. The number of aryl methyl sites for hydroxylation is 2. The van der Waals surface area contributed by atoms with E-state index in [-0.39, 0.29) is 12.5 Å². The lowest BCUT2D eigenvalue weighted by Crippen LogP contribution is -2.47. The van der Waals surface area contributed by atoms with Crippen LogP contribution in [0.25, 0.3) is 0 Å². The number of piperazine rings is 1. The monoisotopic (exact) mass is 496 g/mol. The molecule has 0 atom stereocenters. The van der Waals surface area contributed by atoms with E-state index in [0.29, 0.717) is 52.8 Å². The van der Waals surface area contributed by atoms with Gasteiger partial charge >= 0.3 is 0 Å². The molecule has 1 fully saturated rings. The third kappa shape index (κ3) is 6.21. The van der Waals surface area contributed by atoms with E-state index in [1.54, 1.807) is 18.2 Å². The van der Waals surface area contributed by atoms with Crippen molar-refractivity contribution in [1.29, 1.82) is 0 Å². The van der Waals surface area contributed by atoms with Crippen molar-refractivity contribution >= 4 is 40.9 Å². The summed E-state index contributed by atoms with van der Waals surface area (Å²) in [5, 5.41) is 15.6. The molecule has 0 aliphatic carbocycles. The lowest BCUT2D eigenvalue weighted by molar-refractivity contribution is 0.102. The topological polar surface area (TPSA) is 119 Å². The molecule has 3 aromatic rings. The lowest BCUT2D eigenvalue weighted by atomic mass is 10.2. The summed E-state index contributed by atoms with van der Waals surface area (Å²) < 4.78 is 0. The Kier molecular flexibility index (Phi) is 8.06. The van der Waals surface area contributed by atoms with Gasteiger partial charge in [-0.25, -0.2) is 4.98 Å². The van der Waals surface area contributed by atoms with Crippen LogP contribution in [0.1, 0.15) is 28.7 Å². The maximum Gasteiger partial charge on any atom is 0.257 e. The zero-order valence-corrected chi connectivity index (χ0v) is 20.6. The number of aromatic nitrogens is 4. The van der Waals surface area contributed by atoms with Crippen LogP contribution in [0, 0.1) is 6.92 Å². The van der Waals surface area contributed by atoms with Gasteiger partial charge in [-0.2, -0.15) is 15.0 Å². The van der Waals surface area contributed by atoms with Crippen molar-refractivity contribution in [3.63, 3.8) is 0 Å². The third-order valence-corrected chi connectivity index (χ3v) is 6.10. The molecule has 1 aliphatic heterocycles. The van der Waals surface area contributed by atoms with Gasteiger partial charge in [-0.15, -0.1) is 0 Å². The second kappa shape index (κ2) is 11.4. The predicted molar refractivity (Wildman–Crippen MR) is 137 cm³/mol. The summed E-state index contributed by atoms with van der Waals surface area (Å²) in [7, 11) is 0.